The van der Waals surface area contributed by atoms with Crippen LogP contribution in [-0.4, -0.2) is 19.5 Å². The number of hydrogen-bond donors (Lipinski definition) is 0. The van der Waals surface area contributed by atoms with Crippen LogP contribution in [0.5, 0.6) is 0 Å². The SMILES string of the molecule is C=CCC(C(C)=O)S(=O)(=O)c1ccccc1. The van der Waals surface area contributed by atoms with E-state index >= 15 is 0 Å². The third kappa shape index (κ3) is 2.58. The van der Waals surface area contributed by atoms with E-state index in [9.17, 15) is 13.2 Å². The predicted octanol–water partition coefficient (Wildman–Crippen LogP) is 1.99. The third-order valence-electron chi connectivity index (χ3n) is 2.28. The molecule has 3 nitrogen and oxygen atoms in total. The Hall–Kier alpha value is -1.42. The van der Waals surface area contributed by atoms with E-state index in [1.54, 1.807) is 18.2 Å². The Bertz CT molecular complexity index is 474. The number of Topliss-reactive ketones (excluding diaryl/α,β-unsaturated/α-hetero) is 1. The largest absolute Gasteiger partial charge is 0.299 e. The summed E-state index contributed by atoms with van der Waals surface area (Å²) >= 11 is 0. The van der Waals surface area contributed by atoms with Crippen LogP contribution in [-0.2, 0) is 14.6 Å². The van der Waals surface area contributed by atoms with Crippen LogP contribution in [0.4, 0.5) is 0 Å². The summed E-state index contributed by atoms with van der Waals surface area (Å²) in [6.45, 7) is 4.76. The van der Waals surface area contributed by atoms with Gasteiger partial charge in [-0.2, -0.15) is 0 Å². The van der Waals surface area contributed by atoms with Crippen molar-refractivity contribution in [2.24, 2.45) is 0 Å². The van der Waals surface area contributed by atoms with Crippen LogP contribution < -0.4 is 0 Å². The molecule has 0 aromatic heterocycles. The molecular formula is C12H14O3S. The second kappa shape index (κ2) is 5.07. The monoisotopic (exact) mass is 238 g/mol. The Morgan fingerprint density at radius 1 is 1.38 bits per heavy atom. The maximum absolute atomic E-state index is 12.1. The number of rotatable bonds is 5. The van der Waals surface area contributed by atoms with Gasteiger partial charge in [-0.15, -0.1) is 6.58 Å². The van der Waals surface area contributed by atoms with E-state index in [2.05, 4.69) is 6.58 Å². The van der Waals surface area contributed by atoms with Crippen molar-refractivity contribution in [3.05, 3.63) is 43.0 Å². The van der Waals surface area contributed by atoms with E-state index in [4.69, 9.17) is 0 Å². The van der Waals surface area contributed by atoms with Crippen LogP contribution >= 0.6 is 0 Å². The quantitative estimate of drug-likeness (QED) is 0.737. The molecular weight excluding hydrogens is 224 g/mol. The van der Waals surface area contributed by atoms with Crippen LogP contribution in [0.1, 0.15) is 13.3 Å². The second-order valence-corrected chi connectivity index (χ2v) is 5.61. The maximum Gasteiger partial charge on any atom is 0.188 e. The Morgan fingerprint density at radius 2 is 1.94 bits per heavy atom. The number of benzene rings is 1. The van der Waals surface area contributed by atoms with Crippen molar-refractivity contribution in [1.29, 1.82) is 0 Å². The molecule has 0 spiro atoms. The summed E-state index contributed by atoms with van der Waals surface area (Å²) in [5.41, 5.74) is 0. The van der Waals surface area contributed by atoms with E-state index in [0.717, 1.165) is 0 Å². The number of carbonyl (C=O) groups excluding carboxylic acids is 1. The Labute approximate surface area is 95.7 Å². The van der Waals surface area contributed by atoms with Gasteiger partial charge in [0.15, 0.2) is 9.84 Å². The summed E-state index contributed by atoms with van der Waals surface area (Å²) in [7, 11) is -3.58. The Morgan fingerprint density at radius 3 is 2.38 bits per heavy atom. The molecule has 0 radical (unpaired) electrons. The number of sulfone groups is 1. The summed E-state index contributed by atoms with van der Waals surface area (Å²) in [6.07, 6.45) is 1.60. The van der Waals surface area contributed by atoms with E-state index in [1.165, 1.54) is 25.1 Å². The summed E-state index contributed by atoms with van der Waals surface area (Å²) in [6, 6.07) is 7.99. The standard InChI is InChI=1S/C12H14O3S/c1-3-7-12(10(2)13)16(14,15)11-8-5-4-6-9-11/h3-6,8-9,12H,1,7H2,2H3. The van der Waals surface area contributed by atoms with Crippen LogP contribution in [0.15, 0.2) is 47.9 Å². The first-order valence-electron chi connectivity index (χ1n) is 4.90. The first-order valence-corrected chi connectivity index (χ1v) is 6.45. The van der Waals surface area contributed by atoms with Gasteiger partial charge in [0.2, 0.25) is 0 Å². The van der Waals surface area contributed by atoms with E-state index < -0.39 is 15.1 Å². The summed E-state index contributed by atoms with van der Waals surface area (Å²) in [4.78, 5) is 11.5. The van der Waals surface area contributed by atoms with E-state index in [-0.39, 0.29) is 17.1 Å². The lowest BCUT2D eigenvalue weighted by atomic mass is 10.2. The lowest BCUT2D eigenvalue weighted by Gasteiger charge is -2.12. The predicted molar refractivity (Wildman–Crippen MR) is 62.9 cm³/mol. The molecule has 4 heteroatoms. The van der Waals surface area contributed by atoms with Gasteiger partial charge in [-0.1, -0.05) is 24.3 Å². The molecule has 16 heavy (non-hydrogen) atoms. The highest BCUT2D eigenvalue weighted by Gasteiger charge is 2.29. The highest BCUT2D eigenvalue weighted by atomic mass is 32.2. The molecule has 1 atom stereocenters. The Kier molecular flexibility index (Phi) is 4.01. The molecule has 1 unspecified atom stereocenters. The number of carbonyl (C=O) groups is 1. The number of allylic oxidation sites excluding steroid dienone is 1. The Balaban J connectivity index is 3.19. The molecule has 0 aliphatic heterocycles. The molecule has 0 aliphatic rings. The molecule has 1 aromatic carbocycles. The molecule has 0 fully saturated rings. The molecule has 0 aliphatic carbocycles. The van der Waals surface area contributed by atoms with E-state index in [1.807, 2.05) is 0 Å². The average Bonchev–Trinajstić information content (AvgIpc) is 2.26. The second-order valence-electron chi connectivity index (χ2n) is 3.48. The lowest BCUT2D eigenvalue weighted by Crippen LogP contribution is -2.28. The van der Waals surface area contributed by atoms with Gasteiger partial charge in [0.05, 0.1) is 4.90 Å². The van der Waals surface area contributed by atoms with Crippen LogP contribution in [0.3, 0.4) is 0 Å². The lowest BCUT2D eigenvalue weighted by molar-refractivity contribution is -0.116. The molecule has 1 aromatic rings. The molecule has 1 rings (SSSR count). The van der Waals surface area contributed by atoms with Crippen LogP contribution in [0.2, 0.25) is 0 Å². The molecule has 0 heterocycles. The fourth-order valence-corrected chi connectivity index (χ4v) is 3.13. The van der Waals surface area contributed by atoms with Gasteiger partial charge in [-0.05, 0) is 25.5 Å². The summed E-state index contributed by atoms with van der Waals surface area (Å²) < 4.78 is 24.2. The molecule has 0 saturated heterocycles. The van der Waals surface area contributed by atoms with Crippen molar-refractivity contribution in [3.8, 4) is 0 Å². The van der Waals surface area contributed by atoms with Gasteiger partial charge < -0.3 is 0 Å². The minimum Gasteiger partial charge on any atom is -0.299 e. The highest BCUT2D eigenvalue weighted by Crippen LogP contribution is 2.19. The topological polar surface area (TPSA) is 51.2 Å². The van der Waals surface area contributed by atoms with Gasteiger partial charge in [0.1, 0.15) is 11.0 Å². The summed E-state index contributed by atoms with van der Waals surface area (Å²) in [5.74, 6) is -0.358. The van der Waals surface area contributed by atoms with Gasteiger partial charge >= 0.3 is 0 Å². The fraction of sp³-hybridized carbons (Fsp3) is 0.250. The van der Waals surface area contributed by atoms with Crippen molar-refractivity contribution in [1.82, 2.24) is 0 Å². The normalized spacial score (nSPS) is 13.1. The van der Waals surface area contributed by atoms with Gasteiger partial charge in [-0.25, -0.2) is 8.42 Å². The third-order valence-corrected chi connectivity index (χ3v) is 4.48. The zero-order valence-corrected chi connectivity index (χ0v) is 9.91. The first-order chi connectivity index (χ1) is 7.50. The van der Waals surface area contributed by atoms with Crippen molar-refractivity contribution >= 4 is 15.6 Å². The fourth-order valence-electron chi connectivity index (χ4n) is 1.44. The van der Waals surface area contributed by atoms with Gasteiger partial charge in [-0.3, -0.25) is 4.79 Å². The van der Waals surface area contributed by atoms with Crippen molar-refractivity contribution < 1.29 is 13.2 Å². The van der Waals surface area contributed by atoms with Crippen molar-refractivity contribution in [2.75, 3.05) is 0 Å². The smallest absolute Gasteiger partial charge is 0.188 e. The maximum atomic E-state index is 12.1. The summed E-state index contributed by atoms with van der Waals surface area (Å²) in [5, 5.41) is -1.02. The van der Waals surface area contributed by atoms with Crippen LogP contribution in [0, 0.1) is 0 Å². The molecule has 0 saturated carbocycles. The molecule has 86 valence electrons. The number of ketones is 1. The minimum atomic E-state index is -3.58. The molecule has 0 bridgehead atoms. The van der Waals surface area contributed by atoms with Gasteiger partial charge in [0, 0.05) is 0 Å². The molecule has 0 amide bonds. The highest BCUT2D eigenvalue weighted by molar-refractivity contribution is 7.92. The van der Waals surface area contributed by atoms with Gasteiger partial charge in [0.25, 0.3) is 0 Å². The zero-order valence-electron chi connectivity index (χ0n) is 9.09. The van der Waals surface area contributed by atoms with Crippen molar-refractivity contribution in [2.45, 2.75) is 23.5 Å². The zero-order chi connectivity index (χ0) is 12.2. The minimum absolute atomic E-state index is 0.145. The first kappa shape index (κ1) is 12.6. The average molecular weight is 238 g/mol. The van der Waals surface area contributed by atoms with E-state index in [0.29, 0.717) is 0 Å². The molecule has 0 N–H and O–H groups in total. The number of hydrogen-bond acceptors (Lipinski definition) is 3. The van der Waals surface area contributed by atoms with Crippen LogP contribution in [0.25, 0.3) is 0 Å². The van der Waals surface area contributed by atoms with Crippen molar-refractivity contribution in [3.63, 3.8) is 0 Å².